The Morgan fingerprint density at radius 3 is 2.30 bits per heavy atom. The molecule has 1 aromatic carbocycles. The molecule has 4 aliphatic rings. The molecule has 3 heterocycles. The summed E-state index contributed by atoms with van der Waals surface area (Å²) >= 11 is 0. The summed E-state index contributed by atoms with van der Waals surface area (Å²) in [4.78, 5) is 33.1. The standard InChI is InChI=1S/C32H47F2N3O3/c1-30(2,3)36-18-25(24-12-11-23(33)17-27(24)34)26(19-36)28(38)35-15-13-32(14-16-35,22-9-7-6-8-10-22)20-37-29(39)40-21-31(37,4)5/h11-12,17,22,25-26H,6-10,13-16,18-21H2,1-5H3/t25-,26+/m0/s1. The van der Waals surface area contributed by atoms with E-state index in [9.17, 15) is 18.4 Å². The van der Waals surface area contributed by atoms with Crippen molar-refractivity contribution in [1.29, 1.82) is 0 Å². The number of amides is 2. The molecule has 0 bridgehead atoms. The van der Waals surface area contributed by atoms with E-state index in [1.165, 1.54) is 44.2 Å². The maximum atomic E-state index is 15.0. The second-order valence-corrected chi connectivity index (χ2v) is 14.4. The number of cyclic esters (lactones) is 1. The Morgan fingerprint density at radius 1 is 1.05 bits per heavy atom. The summed E-state index contributed by atoms with van der Waals surface area (Å²) in [7, 11) is 0. The molecule has 2 amide bonds. The molecule has 1 aromatic rings. The SMILES string of the molecule is CC(C)(C)N1C[C@@H](C(=O)N2CCC(CN3C(=O)OCC3(C)C)(C3CCCCC3)CC2)[C@H](c2ccc(F)cc2F)C1. The van der Waals surface area contributed by atoms with Crippen molar-refractivity contribution in [2.75, 3.05) is 39.3 Å². The normalized spacial score (nSPS) is 27.7. The third kappa shape index (κ3) is 5.62. The molecule has 8 heteroatoms. The predicted molar refractivity (Wildman–Crippen MR) is 151 cm³/mol. The summed E-state index contributed by atoms with van der Waals surface area (Å²) in [6.07, 6.45) is 7.54. The summed E-state index contributed by atoms with van der Waals surface area (Å²) in [6, 6.07) is 3.74. The van der Waals surface area contributed by atoms with E-state index < -0.39 is 11.6 Å². The maximum absolute atomic E-state index is 15.0. The molecule has 1 saturated carbocycles. The third-order valence-corrected chi connectivity index (χ3v) is 10.5. The lowest BCUT2D eigenvalue weighted by Crippen LogP contribution is -2.55. The highest BCUT2D eigenvalue weighted by Crippen LogP contribution is 2.48. The molecular weight excluding hydrogens is 512 g/mol. The van der Waals surface area contributed by atoms with Crippen molar-refractivity contribution < 1.29 is 23.1 Å². The minimum atomic E-state index is -0.602. The number of carbonyl (C=O) groups excluding carboxylic acids is 2. The van der Waals surface area contributed by atoms with E-state index in [4.69, 9.17) is 4.74 Å². The highest BCUT2D eigenvalue weighted by molar-refractivity contribution is 5.81. The van der Waals surface area contributed by atoms with Crippen LogP contribution in [0.3, 0.4) is 0 Å². The number of piperidine rings is 1. The summed E-state index contributed by atoms with van der Waals surface area (Å²) < 4.78 is 34.2. The number of halogens is 2. The number of likely N-dealkylation sites (tertiary alicyclic amines) is 2. The molecule has 6 nitrogen and oxygen atoms in total. The van der Waals surface area contributed by atoms with Crippen LogP contribution >= 0.6 is 0 Å². The minimum Gasteiger partial charge on any atom is -0.447 e. The van der Waals surface area contributed by atoms with E-state index >= 15 is 0 Å². The number of benzene rings is 1. The topological polar surface area (TPSA) is 53.1 Å². The molecule has 3 saturated heterocycles. The Balaban J connectivity index is 1.36. The summed E-state index contributed by atoms with van der Waals surface area (Å²) in [5.41, 5.74) is -0.111. The van der Waals surface area contributed by atoms with Gasteiger partial charge in [0.2, 0.25) is 5.91 Å². The highest BCUT2D eigenvalue weighted by Gasteiger charge is 2.51. The molecule has 3 aliphatic heterocycles. The Kier molecular flexibility index (Phi) is 7.97. The van der Waals surface area contributed by atoms with Crippen LogP contribution < -0.4 is 0 Å². The van der Waals surface area contributed by atoms with Gasteiger partial charge < -0.3 is 9.64 Å². The van der Waals surface area contributed by atoms with Gasteiger partial charge in [-0.15, -0.1) is 0 Å². The van der Waals surface area contributed by atoms with E-state index in [1.807, 2.05) is 9.80 Å². The average Bonchev–Trinajstić information content (AvgIpc) is 3.46. The second kappa shape index (κ2) is 10.9. The van der Waals surface area contributed by atoms with Gasteiger partial charge in [0.15, 0.2) is 0 Å². The molecule has 1 aliphatic carbocycles. The van der Waals surface area contributed by atoms with Crippen LogP contribution in [0, 0.1) is 28.9 Å². The van der Waals surface area contributed by atoms with Crippen molar-refractivity contribution >= 4 is 12.0 Å². The maximum Gasteiger partial charge on any atom is 0.410 e. The van der Waals surface area contributed by atoms with Crippen LogP contribution in [0.1, 0.15) is 91.0 Å². The Bertz CT molecular complexity index is 1100. The largest absolute Gasteiger partial charge is 0.447 e. The van der Waals surface area contributed by atoms with Crippen molar-refractivity contribution in [2.45, 2.75) is 96.6 Å². The van der Waals surface area contributed by atoms with Gasteiger partial charge in [-0.2, -0.15) is 0 Å². The monoisotopic (exact) mass is 559 g/mol. The summed E-state index contributed by atoms with van der Waals surface area (Å²) in [6.45, 7) is 14.0. The first-order valence-corrected chi connectivity index (χ1v) is 15.2. The van der Waals surface area contributed by atoms with E-state index in [2.05, 4.69) is 39.5 Å². The average molecular weight is 560 g/mol. The van der Waals surface area contributed by atoms with Crippen LogP contribution in [-0.4, -0.2) is 77.1 Å². The van der Waals surface area contributed by atoms with Gasteiger partial charge in [-0.25, -0.2) is 13.6 Å². The zero-order chi connectivity index (χ0) is 28.9. The Morgan fingerprint density at radius 2 is 1.73 bits per heavy atom. The van der Waals surface area contributed by atoms with Gasteiger partial charge in [0.1, 0.15) is 18.2 Å². The van der Waals surface area contributed by atoms with E-state index in [0.29, 0.717) is 50.8 Å². The number of ether oxygens (including phenoxy) is 1. The zero-order valence-electron chi connectivity index (χ0n) is 25.0. The molecule has 0 N–H and O–H groups in total. The number of hydrogen-bond donors (Lipinski definition) is 0. The van der Waals surface area contributed by atoms with Gasteiger partial charge >= 0.3 is 6.09 Å². The van der Waals surface area contributed by atoms with E-state index in [0.717, 1.165) is 18.9 Å². The van der Waals surface area contributed by atoms with Crippen LogP contribution in [-0.2, 0) is 9.53 Å². The smallest absolute Gasteiger partial charge is 0.410 e. The predicted octanol–water partition coefficient (Wildman–Crippen LogP) is 6.20. The first-order chi connectivity index (χ1) is 18.8. The van der Waals surface area contributed by atoms with Gasteiger partial charge in [0.05, 0.1) is 11.5 Å². The molecule has 0 unspecified atom stereocenters. The van der Waals surface area contributed by atoms with Crippen molar-refractivity contribution in [3.8, 4) is 0 Å². The Labute approximate surface area is 238 Å². The number of hydrogen-bond acceptors (Lipinski definition) is 4. The lowest BCUT2D eigenvalue weighted by Gasteiger charge is -2.51. The molecule has 0 aromatic heterocycles. The molecule has 4 fully saturated rings. The van der Waals surface area contributed by atoms with Crippen molar-refractivity contribution in [2.24, 2.45) is 17.3 Å². The van der Waals surface area contributed by atoms with E-state index in [-0.39, 0.29) is 40.3 Å². The van der Waals surface area contributed by atoms with Gasteiger partial charge in [0.25, 0.3) is 0 Å². The molecule has 0 spiro atoms. The quantitative estimate of drug-likeness (QED) is 0.431. The molecule has 5 rings (SSSR count). The zero-order valence-corrected chi connectivity index (χ0v) is 25.0. The van der Waals surface area contributed by atoms with Crippen LogP contribution in [0.4, 0.5) is 13.6 Å². The molecule has 222 valence electrons. The van der Waals surface area contributed by atoms with Gasteiger partial charge in [-0.1, -0.05) is 25.3 Å². The van der Waals surface area contributed by atoms with Crippen molar-refractivity contribution in [3.05, 3.63) is 35.4 Å². The fourth-order valence-corrected chi connectivity index (χ4v) is 7.77. The van der Waals surface area contributed by atoms with Crippen LogP contribution in [0.25, 0.3) is 0 Å². The fraction of sp³-hybridized carbons (Fsp3) is 0.750. The van der Waals surface area contributed by atoms with Gasteiger partial charge in [-0.3, -0.25) is 14.6 Å². The first kappa shape index (κ1) is 29.3. The highest BCUT2D eigenvalue weighted by atomic mass is 19.1. The second-order valence-electron chi connectivity index (χ2n) is 14.4. The summed E-state index contributed by atoms with van der Waals surface area (Å²) in [5, 5.41) is 0. The van der Waals surface area contributed by atoms with Crippen molar-refractivity contribution in [1.82, 2.24) is 14.7 Å². The van der Waals surface area contributed by atoms with Crippen LogP contribution in [0.5, 0.6) is 0 Å². The number of carbonyl (C=O) groups is 2. The van der Waals surface area contributed by atoms with Gasteiger partial charge in [-0.05, 0) is 83.3 Å². The summed E-state index contributed by atoms with van der Waals surface area (Å²) in [5.74, 6) is -1.28. The van der Waals surface area contributed by atoms with Gasteiger partial charge in [0, 0.05) is 50.2 Å². The van der Waals surface area contributed by atoms with Crippen LogP contribution in [0.2, 0.25) is 0 Å². The minimum absolute atomic E-state index is 0.0343. The molecule has 2 atom stereocenters. The number of nitrogens with zero attached hydrogens (tertiary/aromatic N) is 3. The molecular formula is C32H47F2N3O3. The fourth-order valence-electron chi connectivity index (χ4n) is 7.77. The van der Waals surface area contributed by atoms with E-state index in [1.54, 1.807) is 0 Å². The van der Waals surface area contributed by atoms with Crippen LogP contribution in [0.15, 0.2) is 18.2 Å². The Hall–Kier alpha value is -2.22. The lowest BCUT2D eigenvalue weighted by atomic mass is 9.63. The molecule has 0 radical (unpaired) electrons. The van der Waals surface area contributed by atoms with Crippen molar-refractivity contribution in [3.63, 3.8) is 0 Å². The number of rotatable bonds is 5. The lowest BCUT2D eigenvalue weighted by molar-refractivity contribution is -0.139. The third-order valence-electron chi connectivity index (χ3n) is 10.5. The molecule has 40 heavy (non-hydrogen) atoms. The first-order valence-electron chi connectivity index (χ1n) is 15.2.